The molecule has 0 fully saturated rings. The predicted molar refractivity (Wildman–Crippen MR) is 66.0 cm³/mol. The lowest BCUT2D eigenvalue weighted by molar-refractivity contribution is 0.398. The van der Waals surface area contributed by atoms with Crippen LogP contribution in [0.3, 0.4) is 0 Å². The Kier molecular flexibility index (Phi) is 3.75. The summed E-state index contributed by atoms with van der Waals surface area (Å²) in [6.45, 7) is 0. The maximum Gasteiger partial charge on any atom is 0.214 e. The summed E-state index contributed by atoms with van der Waals surface area (Å²) in [5.41, 5.74) is 0.542. The van der Waals surface area contributed by atoms with Gasteiger partial charge in [-0.15, -0.1) is 0 Å². The second kappa shape index (κ2) is 5.09. The number of aromatic nitrogens is 2. The van der Waals surface area contributed by atoms with Crippen LogP contribution in [0.5, 0.6) is 5.88 Å². The molecule has 84 valence electrons. The Morgan fingerprint density at radius 3 is 2.69 bits per heavy atom. The maximum absolute atomic E-state index is 5.94. The molecule has 4 nitrogen and oxygen atoms in total. The van der Waals surface area contributed by atoms with Crippen molar-refractivity contribution in [2.45, 2.75) is 0 Å². The van der Waals surface area contributed by atoms with Gasteiger partial charge in [0, 0.05) is 16.6 Å². The zero-order valence-corrected chi connectivity index (χ0v) is 11.1. The van der Waals surface area contributed by atoms with Gasteiger partial charge < -0.3 is 4.74 Å². The first kappa shape index (κ1) is 11.8. The van der Waals surface area contributed by atoms with Crippen LogP contribution < -0.4 is 9.41 Å². The lowest BCUT2D eigenvalue weighted by Crippen LogP contribution is -1.94. The quantitative estimate of drug-likeness (QED) is 0.631. The van der Waals surface area contributed by atoms with Gasteiger partial charge in [0.2, 0.25) is 5.88 Å². The Morgan fingerprint density at radius 2 is 2.12 bits per heavy atom. The molecule has 2 aromatic heterocycles. The summed E-state index contributed by atoms with van der Waals surface area (Å²) in [5, 5.41) is 0.649. The predicted octanol–water partition coefficient (Wildman–Crippen LogP) is 3.15. The van der Waals surface area contributed by atoms with Crippen molar-refractivity contribution in [3.8, 4) is 5.88 Å². The van der Waals surface area contributed by atoms with Crippen LogP contribution in [0.15, 0.2) is 17.1 Å². The van der Waals surface area contributed by atoms with Gasteiger partial charge in [-0.25, -0.2) is 4.99 Å². The van der Waals surface area contributed by atoms with Crippen LogP contribution >= 0.6 is 44.1 Å². The maximum atomic E-state index is 5.94. The van der Waals surface area contributed by atoms with Gasteiger partial charge in [0.05, 0.1) is 7.11 Å². The molecule has 0 aliphatic rings. The van der Waals surface area contributed by atoms with Gasteiger partial charge in [0.15, 0.2) is 15.0 Å². The number of methoxy groups -OCH3 is 1. The minimum Gasteiger partial charge on any atom is -0.481 e. The number of pyridine rings is 1. The first-order valence-electron chi connectivity index (χ1n) is 4.07. The fourth-order valence-electron chi connectivity index (χ4n) is 0.942. The average Bonchev–Trinajstić information content (AvgIpc) is 2.67. The van der Waals surface area contributed by atoms with E-state index in [2.05, 4.69) is 14.3 Å². The number of ether oxygens (including phenoxy) is 1. The second-order valence-electron chi connectivity index (χ2n) is 2.62. The molecule has 0 spiro atoms. The SMILES string of the molecule is COc1ccc(N=c2ssnc2Cl)c(Cl)n1. The average molecular weight is 294 g/mol. The van der Waals surface area contributed by atoms with Gasteiger partial charge in [-0.2, -0.15) is 9.36 Å². The standard InChI is InChI=1S/C8H5Cl2N3OS2/c1-14-5-3-2-4(6(9)12-5)11-8-7(10)13-16-15-8/h2-3H,1H3. The van der Waals surface area contributed by atoms with E-state index in [1.54, 1.807) is 12.1 Å². The highest BCUT2D eigenvalue weighted by Gasteiger charge is 2.04. The molecule has 0 radical (unpaired) electrons. The number of halogens is 2. The van der Waals surface area contributed by atoms with Crippen molar-refractivity contribution >= 4 is 49.8 Å². The highest BCUT2D eigenvalue weighted by atomic mass is 35.5. The molecular formula is C8H5Cl2N3OS2. The van der Waals surface area contributed by atoms with Gasteiger partial charge in [0.25, 0.3) is 0 Å². The zero-order chi connectivity index (χ0) is 11.5. The van der Waals surface area contributed by atoms with Crippen molar-refractivity contribution < 1.29 is 4.74 Å². The van der Waals surface area contributed by atoms with E-state index in [9.17, 15) is 0 Å². The summed E-state index contributed by atoms with van der Waals surface area (Å²) >= 11 is 11.8. The molecule has 0 aliphatic carbocycles. The van der Waals surface area contributed by atoms with Gasteiger partial charge in [0.1, 0.15) is 5.69 Å². The van der Waals surface area contributed by atoms with Crippen LogP contribution in [-0.2, 0) is 0 Å². The topological polar surface area (TPSA) is 47.4 Å². The Morgan fingerprint density at radius 1 is 1.31 bits per heavy atom. The summed E-state index contributed by atoms with van der Waals surface area (Å²) in [4.78, 5) is 8.26. The normalized spacial score (nSPS) is 11.8. The third kappa shape index (κ3) is 2.52. The van der Waals surface area contributed by atoms with E-state index < -0.39 is 0 Å². The minimum atomic E-state index is 0.272. The molecule has 0 N–H and O–H groups in total. The second-order valence-corrected chi connectivity index (χ2v) is 5.17. The summed E-state index contributed by atoms with van der Waals surface area (Å²) in [5.74, 6) is 0.446. The third-order valence-corrected chi connectivity index (χ3v) is 4.09. The van der Waals surface area contributed by atoms with Crippen molar-refractivity contribution in [3.05, 3.63) is 27.1 Å². The van der Waals surface area contributed by atoms with Crippen molar-refractivity contribution in [2.75, 3.05) is 7.11 Å². The Bertz CT molecular complexity index is 566. The van der Waals surface area contributed by atoms with E-state index in [0.29, 0.717) is 21.4 Å². The molecule has 2 heterocycles. The lowest BCUT2D eigenvalue weighted by Gasteiger charge is -2.00. The molecule has 0 saturated carbocycles. The van der Waals surface area contributed by atoms with E-state index in [1.807, 2.05) is 0 Å². The molecule has 0 aliphatic heterocycles. The molecule has 0 amide bonds. The van der Waals surface area contributed by atoms with Crippen molar-refractivity contribution in [3.63, 3.8) is 0 Å². The summed E-state index contributed by atoms with van der Waals surface area (Å²) in [6, 6.07) is 3.40. The van der Waals surface area contributed by atoms with Crippen LogP contribution in [-0.4, -0.2) is 16.5 Å². The summed E-state index contributed by atoms with van der Waals surface area (Å²) < 4.78 is 9.48. The molecule has 8 heteroatoms. The van der Waals surface area contributed by atoms with E-state index in [1.165, 1.54) is 28.0 Å². The molecule has 0 unspecified atom stereocenters. The zero-order valence-electron chi connectivity index (χ0n) is 7.98. The third-order valence-electron chi connectivity index (χ3n) is 1.64. The van der Waals surface area contributed by atoms with Crippen LogP contribution in [0.1, 0.15) is 0 Å². The molecule has 2 aromatic rings. The van der Waals surface area contributed by atoms with Crippen LogP contribution in [0.2, 0.25) is 10.3 Å². The first-order chi connectivity index (χ1) is 7.70. The van der Waals surface area contributed by atoms with Crippen molar-refractivity contribution in [2.24, 2.45) is 4.99 Å². The Balaban J connectivity index is 2.47. The van der Waals surface area contributed by atoms with Gasteiger partial charge in [-0.05, 0) is 16.4 Å². The molecule has 16 heavy (non-hydrogen) atoms. The first-order valence-corrected chi connectivity index (χ1v) is 6.94. The van der Waals surface area contributed by atoms with E-state index in [0.717, 1.165) is 0 Å². The highest BCUT2D eigenvalue weighted by Crippen LogP contribution is 2.25. The fourth-order valence-corrected chi connectivity index (χ4v) is 3.12. The van der Waals surface area contributed by atoms with Crippen molar-refractivity contribution in [1.29, 1.82) is 0 Å². The molecule has 0 saturated heterocycles. The molecular weight excluding hydrogens is 289 g/mol. The number of rotatable bonds is 2. The van der Waals surface area contributed by atoms with Gasteiger partial charge in [-0.1, -0.05) is 23.2 Å². The van der Waals surface area contributed by atoms with E-state index in [-0.39, 0.29) is 5.15 Å². The summed E-state index contributed by atoms with van der Waals surface area (Å²) in [7, 11) is 4.18. The smallest absolute Gasteiger partial charge is 0.214 e. The molecule has 0 atom stereocenters. The lowest BCUT2D eigenvalue weighted by atomic mass is 10.4. The largest absolute Gasteiger partial charge is 0.481 e. The fraction of sp³-hybridized carbons (Fsp3) is 0.125. The van der Waals surface area contributed by atoms with Crippen LogP contribution in [0.4, 0.5) is 5.69 Å². The van der Waals surface area contributed by atoms with Crippen LogP contribution in [0, 0.1) is 0 Å². The highest BCUT2D eigenvalue weighted by molar-refractivity contribution is 7.66. The monoisotopic (exact) mass is 293 g/mol. The number of hydrogen-bond acceptors (Lipinski definition) is 6. The van der Waals surface area contributed by atoms with E-state index in [4.69, 9.17) is 27.9 Å². The Hall–Kier alpha value is -0.690. The van der Waals surface area contributed by atoms with Crippen LogP contribution in [0.25, 0.3) is 0 Å². The number of nitrogens with zero attached hydrogens (tertiary/aromatic N) is 3. The molecule has 0 bridgehead atoms. The summed E-state index contributed by atoms with van der Waals surface area (Å²) in [6.07, 6.45) is 0. The minimum absolute atomic E-state index is 0.272. The molecule has 0 aromatic carbocycles. The molecule has 2 rings (SSSR count). The van der Waals surface area contributed by atoms with Gasteiger partial charge in [-0.3, -0.25) is 0 Å². The van der Waals surface area contributed by atoms with Crippen molar-refractivity contribution in [1.82, 2.24) is 9.36 Å². The van der Waals surface area contributed by atoms with E-state index >= 15 is 0 Å². The van der Waals surface area contributed by atoms with Gasteiger partial charge >= 0.3 is 0 Å². The number of hydrogen-bond donors (Lipinski definition) is 0. The Labute approximate surface area is 109 Å².